The molecule has 0 aliphatic carbocycles. The Morgan fingerprint density at radius 2 is 1.81 bits per heavy atom. The molecular weight excluding hydrogens is 338 g/mol. The van der Waals surface area contributed by atoms with Gasteiger partial charge < -0.3 is 19.9 Å². The standard InChI is InChI=1S/C19H32F2N4O/c1-5-25(6-2)14-8-7-13-23-19(22-3)24(4)15-16-9-11-17(12-10-16)26-18(20)21/h9-12,18H,5-8,13-15H2,1-4H3,(H,22,23). The predicted molar refractivity (Wildman–Crippen MR) is 103 cm³/mol. The van der Waals surface area contributed by atoms with E-state index in [9.17, 15) is 8.78 Å². The summed E-state index contributed by atoms with van der Waals surface area (Å²) >= 11 is 0. The number of benzene rings is 1. The molecule has 0 heterocycles. The highest BCUT2D eigenvalue weighted by Crippen LogP contribution is 2.15. The molecule has 7 heteroatoms. The van der Waals surface area contributed by atoms with Gasteiger partial charge in [-0.05, 0) is 50.2 Å². The van der Waals surface area contributed by atoms with Crippen molar-refractivity contribution in [1.82, 2.24) is 15.1 Å². The smallest absolute Gasteiger partial charge is 0.387 e. The van der Waals surface area contributed by atoms with Crippen molar-refractivity contribution in [2.24, 2.45) is 4.99 Å². The summed E-state index contributed by atoms with van der Waals surface area (Å²) in [5.41, 5.74) is 0.999. The Kier molecular flexibility index (Phi) is 10.6. The van der Waals surface area contributed by atoms with Crippen molar-refractivity contribution in [3.05, 3.63) is 29.8 Å². The van der Waals surface area contributed by atoms with Crippen LogP contribution in [0.2, 0.25) is 0 Å². The summed E-state index contributed by atoms with van der Waals surface area (Å²) in [5.74, 6) is 0.989. The molecule has 0 aliphatic rings. The first kappa shape index (κ1) is 22.2. The second-order valence-corrected chi connectivity index (χ2v) is 6.09. The molecule has 1 rings (SSSR count). The van der Waals surface area contributed by atoms with Gasteiger partial charge in [0, 0.05) is 27.2 Å². The summed E-state index contributed by atoms with van der Waals surface area (Å²) < 4.78 is 28.7. The van der Waals surface area contributed by atoms with Gasteiger partial charge in [-0.15, -0.1) is 0 Å². The van der Waals surface area contributed by atoms with Gasteiger partial charge in [0.15, 0.2) is 5.96 Å². The third kappa shape index (κ3) is 8.47. The molecule has 0 saturated carbocycles. The van der Waals surface area contributed by atoms with Crippen LogP contribution in [0.5, 0.6) is 5.75 Å². The highest BCUT2D eigenvalue weighted by Gasteiger charge is 2.08. The molecule has 1 aromatic carbocycles. The molecule has 5 nitrogen and oxygen atoms in total. The molecule has 0 spiro atoms. The predicted octanol–water partition coefficient (Wildman–Crippen LogP) is 3.42. The molecule has 0 amide bonds. The molecule has 0 aromatic heterocycles. The van der Waals surface area contributed by atoms with E-state index in [1.54, 1.807) is 31.3 Å². The second-order valence-electron chi connectivity index (χ2n) is 6.09. The Hall–Kier alpha value is -1.89. The fourth-order valence-electron chi connectivity index (χ4n) is 2.71. The van der Waals surface area contributed by atoms with Crippen LogP contribution in [-0.4, -0.2) is 62.6 Å². The Morgan fingerprint density at radius 3 is 2.35 bits per heavy atom. The Morgan fingerprint density at radius 1 is 1.15 bits per heavy atom. The number of hydrogen-bond acceptors (Lipinski definition) is 3. The van der Waals surface area contributed by atoms with E-state index in [1.807, 2.05) is 11.9 Å². The first-order valence-electron chi connectivity index (χ1n) is 9.18. The van der Waals surface area contributed by atoms with E-state index >= 15 is 0 Å². The Bertz CT molecular complexity index is 519. The lowest BCUT2D eigenvalue weighted by Crippen LogP contribution is -2.39. The van der Waals surface area contributed by atoms with Crippen LogP contribution in [-0.2, 0) is 6.54 Å². The van der Waals surface area contributed by atoms with E-state index in [4.69, 9.17) is 0 Å². The summed E-state index contributed by atoms with van der Waals surface area (Å²) in [6.45, 7) is 6.39. The number of alkyl halides is 2. The van der Waals surface area contributed by atoms with Gasteiger partial charge in [0.1, 0.15) is 5.75 Å². The number of guanidine groups is 1. The fraction of sp³-hybridized carbons (Fsp3) is 0.632. The van der Waals surface area contributed by atoms with Crippen molar-refractivity contribution in [1.29, 1.82) is 0 Å². The highest BCUT2D eigenvalue weighted by molar-refractivity contribution is 5.79. The molecule has 148 valence electrons. The Labute approximate surface area is 156 Å². The minimum Gasteiger partial charge on any atom is -0.435 e. The van der Waals surface area contributed by atoms with Crippen LogP contribution in [0.1, 0.15) is 32.3 Å². The van der Waals surface area contributed by atoms with E-state index in [0.717, 1.165) is 50.5 Å². The first-order valence-corrected chi connectivity index (χ1v) is 9.18. The quantitative estimate of drug-likeness (QED) is 0.368. The van der Waals surface area contributed by atoms with Crippen LogP contribution in [0.15, 0.2) is 29.3 Å². The third-order valence-electron chi connectivity index (χ3n) is 4.22. The third-order valence-corrected chi connectivity index (χ3v) is 4.22. The number of aliphatic imine (C=N–C) groups is 1. The van der Waals surface area contributed by atoms with Gasteiger partial charge in [0.05, 0.1) is 0 Å². The van der Waals surface area contributed by atoms with E-state index < -0.39 is 6.61 Å². The minimum absolute atomic E-state index is 0.169. The van der Waals surface area contributed by atoms with E-state index in [-0.39, 0.29) is 5.75 Å². The summed E-state index contributed by atoms with van der Waals surface area (Å²) in [7, 11) is 3.71. The van der Waals surface area contributed by atoms with Crippen molar-refractivity contribution in [2.75, 3.05) is 40.3 Å². The highest BCUT2D eigenvalue weighted by atomic mass is 19.3. The van der Waals surface area contributed by atoms with Gasteiger partial charge in [-0.25, -0.2) is 0 Å². The van der Waals surface area contributed by atoms with Crippen molar-refractivity contribution < 1.29 is 13.5 Å². The van der Waals surface area contributed by atoms with Gasteiger partial charge in [-0.1, -0.05) is 26.0 Å². The number of halogens is 2. The monoisotopic (exact) mass is 370 g/mol. The molecule has 0 fully saturated rings. The maximum atomic E-state index is 12.2. The van der Waals surface area contributed by atoms with Crippen LogP contribution < -0.4 is 10.1 Å². The average molecular weight is 370 g/mol. The molecule has 1 N–H and O–H groups in total. The summed E-state index contributed by atoms with van der Waals surface area (Å²) in [4.78, 5) is 8.73. The topological polar surface area (TPSA) is 40.1 Å². The van der Waals surface area contributed by atoms with E-state index in [2.05, 4.69) is 33.8 Å². The van der Waals surface area contributed by atoms with Crippen LogP contribution in [0.25, 0.3) is 0 Å². The molecule has 0 unspecified atom stereocenters. The lowest BCUT2D eigenvalue weighted by atomic mass is 10.2. The summed E-state index contributed by atoms with van der Waals surface area (Å²) in [5, 5.41) is 3.37. The largest absolute Gasteiger partial charge is 0.435 e. The van der Waals surface area contributed by atoms with Gasteiger partial charge in [-0.3, -0.25) is 4.99 Å². The normalized spacial score (nSPS) is 11.9. The number of unbranched alkanes of at least 4 members (excludes halogenated alkanes) is 1. The van der Waals surface area contributed by atoms with Crippen molar-refractivity contribution in [3.63, 3.8) is 0 Å². The van der Waals surface area contributed by atoms with E-state index in [1.165, 1.54) is 0 Å². The van der Waals surface area contributed by atoms with Gasteiger partial charge in [0.25, 0.3) is 0 Å². The molecule has 0 radical (unpaired) electrons. The van der Waals surface area contributed by atoms with Gasteiger partial charge in [0.2, 0.25) is 0 Å². The summed E-state index contributed by atoms with van der Waals surface area (Å²) in [6.07, 6.45) is 2.24. The zero-order valence-electron chi connectivity index (χ0n) is 16.3. The van der Waals surface area contributed by atoms with Crippen LogP contribution in [0.4, 0.5) is 8.78 Å². The number of nitrogens with one attached hydrogen (secondary N) is 1. The number of ether oxygens (including phenoxy) is 1. The minimum atomic E-state index is -2.80. The van der Waals surface area contributed by atoms with Gasteiger partial charge in [-0.2, -0.15) is 8.78 Å². The number of hydrogen-bond donors (Lipinski definition) is 1. The maximum absolute atomic E-state index is 12.2. The number of rotatable bonds is 11. The second kappa shape index (κ2) is 12.5. The molecule has 0 bridgehead atoms. The van der Waals surface area contributed by atoms with Crippen molar-refractivity contribution in [3.8, 4) is 5.75 Å². The molecular formula is C19H32F2N4O. The SMILES string of the molecule is CCN(CC)CCCCNC(=NC)N(C)Cc1ccc(OC(F)F)cc1. The molecule has 0 aliphatic heterocycles. The number of nitrogens with zero attached hydrogens (tertiary/aromatic N) is 3. The van der Waals surface area contributed by atoms with Crippen LogP contribution >= 0.6 is 0 Å². The first-order chi connectivity index (χ1) is 12.5. The van der Waals surface area contributed by atoms with Crippen LogP contribution in [0, 0.1) is 0 Å². The van der Waals surface area contributed by atoms with Gasteiger partial charge >= 0.3 is 6.61 Å². The maximum Gasteiger partial charge on any atom is 0.387 e. The van der Waals surface area contributed by atoms with E-state index in [0.29, 0.717) is 6.54 Å². The zero-order chi connectivity index (χ0) is 19.4. The fourth-order valence-corrected chi connectivity index (χ4v) is 2.71. The molecule has 0 saturated heterocycles. The lowest BCUT2D eigenvalue weighted by molar-refractivity contribution is -0.0498. The zero-order valence-corrected chi connectivity index (χ0v) is 16.3. The molecule has 1 aromatic rings. The average Bonchev–Trinajstić information content (AvgIpc) is 2.62. The summed E-state index contributed by atoms with van der Waals surface area (Å²) in [6, 6.07) is 6.68. The molecule has 0 atom stereocenters. The van der Waals surface area contributed by atoms with Crippen LogP contribution in [0.3, 0.4) is 0 Å². The molecule has 26 heavy (non-hydrogen) atoms. The lowest BCUT2D eigenvalue weighted by Gasteiger charge is -2.23. The van der Waals surface area contributed by atoms with Crippen molar-refractivity contribution >= 4 is 5.96 Å². The Balaban J connectivity index is 2.38. The van der Waals surface area contributed by atoms with Crippen molar-refractivity contribution in [2.45, 2.75) is 39.8 Å².